The van der Waals surface area contributed by atoms with Crippen molar-refractivity contribution in [2.24, 2.45) is 0 Å². The lowest BCUT2D eigenvalue weighted by molar-refractivity contribution is 1.20. The smallest absolute Gasteiger partial charge is 0.0619 e. The van der Waals surface area contributed by atoms with Crippen LogP contribution in [0.5, 0.6) is 0 Å². The van der Waals surface area contributed by atoms with Crippen LogP contribution in [-0.4, -0.2) is 9.55 Å². The number of hydrogen-bond acceptors (Lipinski definition) is 0. The van der Waals surface area contributed by atoms with Gasteiger partial charge in [-0.25, -0.2) is 0 Å². The molecule has 2 heteroatoms. The second-order valence-corrected chi connectivity index (χ2v) is 9.93. The maximum absolute atomic E-state index is 3.17. The standard InChI is InChI=1S/C36H24N2/c1-2-11-30-24(7-1)8-6-14-34(30)38-35-13-4-3-12-32(35)33-18-16-28-22-27(15-17-31(28)36(33)38)25-9-5-10-26(21-25)29-19-20-37-23-29/h1-23,37H. The lowest BCUT2D eigenvalue weighted by Crippen LogP contribution is -1.96. The Kier molecular flexibility index (Phi) is 4.55. The minimum atomic E-state index is 1.20. The van der Waals surface area contributed by atoms with Crippen molar-refractivity contribution in [1.82, 2.24) is 9.55 Å². The fourth-order valence-electron chi connectivity index (χ4n) is 6.00. The Labute approximate surface area is 220 Å². The Morgan fingerprint density at radius 3 is 2.08 bits per heavy atom. The molecular weight excluding hydrogens is 460 g/mol. The first-order chi connectivity index (χ1) is 18.8. The highest BCUT2D eigenvalue weighted by Gasteiger charge is 2.16. The molecule has 2 aromatic heterocycles. The van der Waals surface area contributed by atoms with Gasteiger partial charge in [0.15, 0.2) is 0 Å². The number of hydrogen-bond donors (Lipinski definition) is 1. The Hall–Kier alpha value is -5.08. The third-order valence-electron chi connectivity index (χ3n) is 7.78. The van der Waals surface area contributed by atoms with E-state index in [0.29, 0.717) is 0 Å². The SMILES string of the molecule is c1cc(-c2cc[nH]c2)cc(-c2ccc3c(ccc4c5ccccc5n(-c5cccc6ccccc56)c34)c2)c1. The van der Waals surface area contributed by atoms with E-state index in [1.165, 1.54) is 71.3 Å². The number of H-pyrrole nitrogens is 1. The van der Waals surface area contributed by atoms with Crippen molar-refractivity contribution < 1.29 is 0 Å². The number of para-hydroxylation sites is 1. The zero-order chi connectivity index (χ0) is 25.1. The molecule has 0 fully saturated rings. The van der Waals surface area contributed by atoms with Gasteiger partial charge < -0.3 is 9.55 Å². The second kappa shape index (κ2) is 8.22. The van der Waals surface area contributed by atoms with E-state index >= 15 is 0 Å². The first-order valence-corrected chi connectivity index (χ1v) is 13.0. The molecule has 0 bridgehead atoms. The zero-order valence-electron chi connectivity index (χ0n) is 20.7. The zero-order valence-corrected chi connectivity index (χ0v) is 20.7. The Morgan fingerprint density at radius 1 is 0.447 bits per heavy atom. The molecule has 0 saturated heterocycles. The second-order valence-electron chi connectivity index (χ2n) is 9.93. The van der Waals surface area contributed by atoms with Gasteiger partial charge in [-0.3, -0.25) is 0 Å². The van der Waals surface area contributed by atoms with Crippen LogP contribution in [0.1, 0.15) is 0 Å². The van der Waals surface area contributed by atoms with Gasteiger partial charge in [-0.15, -0.1) is 0 Å². The molecule has 0 unspecified atom stereocenters. The van der Waals surface area contributed by atoms with E-state index in [1.54, 1.807) is 0 Å². The molecule has 1 N–H and O–H groups in total. The Balaban J connectivity index is 1.40. The van der Waals surface area contributed by atoms with Gasteiger partial charge in [0.25, 0.3) is 0 Å². The first kappa shape index (κ1) is 21.0. The van der Waals surface area contributed by atoms with Crippen molar-refractivity contribution in [3.8, 4) is 27.9 Å². The molecule has 0 saturated carbocycles. The lowest BCUT2D eigenvalue weighted by atomic mass is 9.97. The van der Waals surface area contributed by atoms with Gasteiger partial charge in [0.1, 0.15) is 0 Å². The summed E-state index contributed by atoms with van der Waals surface area (Å²) in [4.78, 5) is 3.17. The molecule has 8 aromatic rings. The predicted molar refractivity (Wildman–Crippen MR) is 161 cm³/mol. The van der Waals surface area contributed by atoms with Crippen LogP contribution in [0.3, 0.4) is 0 Å². The quantitative estimate of drug-likeness (QED) is 0.258. The van der Waals surface area contributed by atoms with Crippen molar-refractivity contribution in [2.75, 3.05) is 0 Å². The number of nitrogens with zero attached hydrogens (tertiary/aromatic N) is 1. The molecule has 0 spiro atoms. The summed E-state index contributed by atoms with van der Waals surface area (Å²) in [7, 11) is 0. The molecule has 8 rings (SSSR count). The summed E-state index contributed by atoms with van der Waals surface area (Å²) in [5.74, 6) is 0. The molecule has 38 heavy (non-hydrogen) atoms. The summed E-state index contributed by atoms with van der Waals surface area (Å²) >= 11 is 0. The average molecular weight is 485 g/mol. The van der Waals surface area contributed by atoms with E-state index in [0.717, 1.165) is 0 Å². The van der Waals surface area contributed by atoms with E-state index in [9.17, 15) is 0 Å². The van der Waals surface area contributed by atoms with E-state index < -0.39 is 0 Å². The lowest BCUT2D eigenvalue weighted by Gasteiger charge is -2.13. The minimum absolute atomic E-state index is 1.20. The molecule has 2 heterocycles. The molecule has 0 aliphatic carbocycles. The summed E-state index contributed by atoms with van der Waals surface area (Å²) in [6.07, 6.45) is 4.01. The maximum Gasteiger partial charge on any atom is 0.0619 e. The van der Waals surface area contributed by atoms with Crippen LogP contribution >= 0.6 is 0 Å². The fourth-order valence-corrected chi connectivity index (χ4v) is 6.00. The van der Waals surface area contributed by atoms with Gasteiger partial charge in [0.2, 0.25) is 0 Å². The minimum Gasteiger partial charge on any atom is -0.367 e. The number of aromatic nitrogens is 2. The molecule has 2 nitrogen and oxygen atoms in total. The van der Waals surface area contributed by atoms with Crippen molar-refractivity contribution in [2.45, 2.75) is 0 Å². The summed E-state index contributed by atoms with van der Waals surface area (Å²) in [6.45, 7) is 0. The normalized spacial score (nSPS) is 11.7. The molecule has 0 amide bonds. The summed E-state index contributed by atoms with van der Waals surface area (Å²) < 4.78 is 2.46. The van der Waals surface area contributed by atoms with Gasteiger partial charge in [0, 0.05) is 33.9 Å². The highest BCUT2D eigenvalue weighted by Crippen LogP contribution is 2.39. The van der Waals surface area contributed by atoms with Crippen molar-refractivity contribution in [3.05, 3.63) is 140 Å². The van der Waals surface area contributed by atoms with Crippen LogP contribution in [0.4, 0.5) is 0 Å². The van der Waals surface area contributed by atoms with Crippen molar-refractivity contribution >= 4 is 43.4 Å². The maximum atomic E-state index is 3.17. The highest BCUT2D eigenvalue weighted by molar-refractivity contribution is 6.19. The number of benzene rings is 6. The van der Waals surface area contributed by atoms with Crippen LogP contribution in [0.15, 0.2) is 140 Å². The van der Waals surface area contributed by atoms with Gasteiger partial charge in [-0.1, -0.05) is 97.1 Å². The summed E-state index contributed by atoms with van der Waals surface area (Å²) in [5, 5.41) is 7.57. The molecular formula is C36H24N2. The molecule has 6 aromatic carbocycles. The summed E-state index contributed by atoms with van der Waals surface area (Å²) in [5.41, 5.74) is 8.57. The third kappa shape index (κ3) is 3.14. The van der Waals surface area contributed by atoms with E-state index in [-0.39, 0.29) is 0 Å². The molecule has 0 aliphatic heterocycles. The predicted octanol–water partition coefficient (Wildman–Crippen LogP) is 9.75. The highest BCUT2D eigenvalue weighted by atomic mass is 15.0. The van der Waals surface area contributed by atoms with Crippen molar-refractivity contribution in [1.29, 1.82) is 0 Å². The average Bonchev–Trinajstić information content (AvgIpc) is 3.64. The Morgan fingerprint density at radius 2 is 1.18 bits per heavy atom. The van der Waals surface area contributed by atoms with Gasteiger partial charge in [-0.05, 0) is 63.4 Å². The van der Waals surface area contributed by atoms with E-state index in [2.05, 4.69) is 137 Å². The summed E-state index contributed by atoms with van der Waals surface area (Å²) in [6, 6.07) is 46.4. The van der Waals surface area contributed by atoms with Crippen molar-refractivity contribution in [3.63, 3.8) is 0 Å². The monoisotopic (exact) mass is 484 g/mol. The van der Waals surface area contributed by atoms with Gasteiger partial charge in [0.05, 0.1) is 16.7 Å². The Bertz CT molecular complexity index is 2120. The third-order valence-corrected chi connectivity index (χ3v) is 7.78. The first-order valence-electron chi connectivity index (χ1n) is 13.0. The molecule has 0 aliphatic rings. The molecule has 178 valence electrons. The molecule has 0 atom stereocenters. The fraction of sp³-hybridized carbons (Fsp3) is 0. The van der Waals surface area contributed by atoms with E-state index in [4.69, 9.17) is 0 Å². The topological polar surface area (TPSA) is 20.7 Å². The van der Waals surface area contributed by atoms with Crippen LogP contribution in [-0.2, 0) is 0 Å². The molecule has 0 radical (unpaired) electrons. The van der Waals surface area contributed by atoms with Crippen LogP contribution in [0.25, 0.3) is 71.3 Å². The number of nitrogens with one attached hydrogen (secondary N) is 1. The van der Waals surface area contributed by atoms with Gasteiger partial charge >= 0.3 is 0 Å². The van der Waals surface area contributed by atoms with E-state index in [1.807, 2.05) is 12.4 Å². The largest absolute Gasteiger partial charge is 0.367 e. The number of aromatic amines is 1. The van der Waals surface area contributed by atoms with Crippen LogP contribution in [0, 0.1) is 0 Å². The number of fused-ring (bicyclic) bond motifs is 6. The van der Waals surface area contributed by atoms with Crippen LogP contribution in [0.2, 0.25) is 0 Å². The van der Waals surface area contributed by atoms with Crippen LogP contribution < -0.4 is 0 Å². The number of rotatable bonds is 3. The van der Waals surface area contributed by atoms with Gasteiger partial charge in [-0.2, -0.15) is 0 Å².